The number of nitrogens with one attached hydrogen (secondary N) is 5. The van der Waals surface area contributed by atoms with Crippen LogP contribution in [0.2, 0.25) is 0 Å². The zero-order valence-corrected chi connectivity index (χ0v) is 22.0. The molecule has 12 nitrogen and oxygen atoms in total. The summed E-state index contributed by atoms with van der Waals surface area (Å²) in [6, 6.07) is 3.37. The number of rotatable bonds is 13. The smallest absolute Gasteiger partial charge is 0.326 e. The number of aromatic nitrogens is 3. The maximum atomic E-state index is 13.0. The zero-order chi connectivity index (χ0) is 27.8. The summed E-state index contributed by atoms with van der Waals surface area (Å²) in [4.78, 5) is 60.2. The normalized spacial score (nSPS) is 14.4. The van der Waals surface area contributed by atoms with Crippen LogP contribution in [0.3, 0.4) is 0 Å². The number of nitrogens with zero attached hydrogens (tertiary/aromatic N) is 1. The van der Waals surface area contributed by atoms with E-state index in [-0.39, 0.29) is 24.5 Å². The Labute approximate surface area is 225 Å². The lowest BCUT2D eigenvalue weighted by Gasteiger charge is -2.26. The van der Waals surface area contributed by atoms with E-state index >= 15 is 0 Å². The number of carboxylic acid groups (broad SMARTS) is 1. The van der Waals surface area contributed by atoms with E-state index in [1.54, 1.807) is 20.0 Å². The van der Waals surface area contributed by atoms with Gasteiger partial charge in [-0.25, -0.2) is 9.78 Å². The van der Waals surface area contributed by atoms with Gasteiger partial charge in [0.15, 0.2) is 0 Å². The molecule has 8 N–H and O–H groups in total. The molecule has 3 rings (SSSR count). The quantitative estimate of drug-likeness (QED) is 0.140. The maximum absolute atomic E-state index is 13.0. The van der Waals surface area contributed by atoms with Crippen molar-refractivity contribution in [1.29, 1.82) is 0 Å². The van der Waals surface area contributed by atoms with E-state index < -0.39 is 47.9 Å². The number of carbonyl (C=O) groups excluding carboxylic acids is 3. The van der Waals surface area contributed by atoms with Crippen molar-refractivity contribution >= 4 is 47.2 Å². The van der Waals surface area contributed by atoms with Crippen molar-refractivity contribution in [2.75, 3.05) is 5.75 Å². The van der Waals surface area contributed by atoms with Crippen molar-refractivity contribution in [3.8, 4) is 0 Å². The molecule has 0 saturated heterocycles. The first-order chi connectivity index (χ1) is 18.1. The summed E-state index contributed by atoms with van der Waals surface area (Å²) < 4.78 is 0. The number of benzene rings is 1. The van der Waals surface area contributed by atoms with Crippen LogP contribution in [0.15, 0.2) is 43.0 Å². The fourth-order valence-corrected chi connectivity index (χ4v) is 4.23. The number of hydrogen-bond donors (Lipinski definition) is 8. The number of amides is 3. The molecule has 0 aliphatic rings. The predicted molar refractivity (Wildman–Crippen MR) is 144 cm³/mol. The highest BCUT2D eigenvalue weighted by Crippen LogP contribution is 2.18. The number of hydrogen-bond acceptors (Lipinski definition) is 7. The number of para-hydroxylation sites is 1. The molecule has 4 unspecified atom stereocenters. The number of aromatic amines is 2. The van der Waals surface area contributed by atoms with Crippen LogP contribution in [-0.4, -0.2) is 73.7 Å². The molecule has 4 atom stereocenters. The molecule has 204 valence electrons. The standard InChI is InChI=1S/C25H33N7O5S/c1-13(2)21(24(35)30-19(25(36)37)8-15-10-27-12-29-15)32-23(34)20(11-38)31-22(33)17(26)7-14-9-28-18-6-4-3-5-16(14)18/h3-6,9-10,12-13,17,19-21,28,38H,7-8,11,26H2,1-2H3,(H,27,29)(H,30,35)(H,31,33)(H,32,34)(H,36,37). The highest BCUT2D eigenvalue weighted by atomic mass is 32.1. The van der Waals surface area contributed by atoms with Crippen molar-refractivity contribution in [3.63, 3.8) is 0 Å². The Morgan fingerprint density at radius 1 is 1.00 bits per heavy atom. The van der Waals surface area contributed by atoms with Crippen LogP contribution < -0.4 is 21.7 Å². The molecular formula is C25H33N7O5S. The van der Waals surface area contributed by atoms with Gasteiger partial charge in [-0.15, -0.1) is 0 Å². The third-order valence-corrected chi connectivity index (χ3v) is 6.47. The van der Waals surface area contributed by atoms with Crippen LogP contribution >= 0.6 is 12.6 Å². The van der Waals surface area contributed by atoms with Crippen LogP contribution in [0, 0.1) is 5.92 Å². The van der Waals surface area contributed by atoms with Crippen LogP contribution in [0.5, 0.6) is 0 Å². The number of fused-ring (bicyclic) bond motifs is 1. The number of nitrogens with two attached hydrogens (primary N) is 1. The van der Waals surface area contributed by atoms with Crippen LogP contribution in [-0.2, 0) is 32.0 Å². The number of imidazole rings is 1. The molecule has 3 amide bonds. The molecule has 1 aromatic carbocycles. The minimum Gasteiger partial charge on any atom is -0.480 e. The lowest BCUT2D eigenvalue weighted by atomic mass is 10.0. The molecule has 38 heavy (non-hydrogen) atoms. The lowest BCUT2D eigenvalue weighted by Crippen LogP contribution is -2.59. The largest absolute Gasteiger partial charge is 0.480 e. The van der Waals surface area contributed by atoms with Gasteiger partial charge >= 0.3 is 5.97 Å². The van der Waals surface area contributed by atoms with Crippen molar-refractivity contribution < 1.29 is 24.3 Å². The van der Waals surface area contributed by atoms with Gasteiger partial charge in [-0.3, -0.25) is 14.4 Å². The SMILES string of the molecule is CC(C)C(NC(=O)C(CS)NC(=O)C(N)Cc1c[nH]c2ccccc12)C(=O)NC(Cc1cnc[nH]1)C(=O)O. The van der Waals surface area contributed by atoms with Crippen molar-refractivity contribution in [3.05, 3.63) is 54.2 Å². The van der Waals surface area contributed by atoms with Crippen LogP contribution in [0.25, 0.3) is 10.9 Å². The zero-order valence-electron chi connectivity index (χ0n) is 21.1. The first-order valence-corrected chi connectivity index (χ1v) is 12.8. The van der Waals surface area contributed by atoms with Gasteiger partial charge < -0.3 is 36.8 Å². The third-order valence-electron chi connectivity index (χ3n) is 6.11. The fraction of sp³-hybridized carbons (Fsp3) is 0.400. The number of carbonyl (C=O) groups is 4. The second-order valence-corrected chi connectivity index (χ2v) is 9.69. The molecule has 0 fully saturated rings. The van der Waals surface area contributed by atoms with Gasteiger partial charge in [-0.1, -0.05) is 32.0 Å². The highest BCUT2D eigenvalue weighted by Gasteiger charge is 2.32. The summed E-state index contributed by atoms with van der Waals surface area (Å²) in [5.41, 5.74) is 8.46. The van der Waals surface area contributed by atoms with E-state index in [1.165, 1.54) is 12.5 Å². The Morgan fingerprint density at radius 3 is 2.34 bits per heavy atom. The molecular weight excluding hydrogens is 510 g/mol. The second kappa shape index (κ2) is 13.1. The van der Waals surface area contributed by atoms with E-state index in [4.69, 9.17) is 5.73 Å². The Kier molecular flexibility index (Phi) is 9.91. The molecule has 0 saturated carbocycles. The van der Waals surface area contributed by atoms with Gasteiger partial charge in [0.1, 0.15) is 18.1 Å². The molecule has 0 aliphatic carbocycles. The first-order valence-electron chi connectivity index (χ1n) is 12.1. The van der Waals surface area contributed by atoms with E-state index in [2.05, 4.69) is 43.5 Å². The monoisotopic (exact) mass is 543 g/mol. The van der Waals surface area contributed by atoms with Gasteiger partial charge in [0.05, 0.1) is 12.4 Å². The summed E-state index contributed by atoms with van der Waals surface area (Å²) in [6.07, 6.45) is 4.91. The topological polar surface area (TPSA) is 195 Å². The number of H-pyrrole nitrogens is 2. The second-order valence-electron chi connectivity index (χ2n) is 9.32. The van der Waals surface area contributed by atoms with Gasteiger partial charge in [0.25, 0.3) is 0 Å². The van der Waals surface area contributed by atoms with Gasteiger partial charge in [-0.05, 0) is 24.0 Å². The molecule has 0 bridgehead atoms. The van der Waals surface area contributed by atoms with Crippen molar-refractivity contribution in [2.45, 2.75) is 50.9 Å². The third kappa shape index (κ3) is 7.35. The fourth-order valence-electron chi connectivity index (χ4n) is 3.97. The Hall–Kier alpha value is -3.84. The Balaban J connectivity index is 1.61. The summed E-state index contributed by atoms with van der Waals surface area (Å²) in [5.74, 6) is -3.49. The van der Waals surface area contributed by atoms with Gasteiger partial charge in [-0.2, -0.15) is 12.6 Å². The van der Waals surface area contributed by atoms with E-state index in [9.17, 15) is 24.3 Å². The molecule has 0 spiro atoms. The van der Waals surface area contributed by atoms with Crippen LogP contribution in [0.4, 0.5) is 0 Å². The lowest BCUT2D eigenvalue weighted by molar-refractivity contribution is -0.142. The molecule has 0 radical (unpaired) electrons. The van der Waals surface area contributed by atoms with Crippen molar-refractivity contribution in [2.24, 2.45) is 11.7 Å². The van der Waals surface area contributed by atoms with E-state index in [0.29, 0.717) is 5.69 Å². The summed E-state index contributed by atoms with van der Waals surface area (Å²) in [6.45, 7) is 3.42. The average molecular weight is 544 g/mol. The Morgan fingerprint density at radius 2 is 1.71 bits per heavy atom. The van der Waals surface area contributed by atoms with Gasteiger partial charge in [0.2, 0.25) is 17.7 Å². The maximum Gasteiger partial charge on any atom is 0.326 e. The average Bonchev–Trinajstić information content (AvgIpc) is 3.54. The Bertz CT molecular complexity index is 1260. The highest BCUT2D eigenvalue weighted by molar-refractivity contribution is 7.80. The summed E-state index contributed by atoms with van der Waals surface area (Å²) >= 11 is 4.18. The van der Waals surface area contributed by atoms with Crippen molar-refractivity contribution in [1.82, 2.24) is 30.9 Å². The van der Waals surface area contributed by atoms with Crippen LogP contribution in [0.1, 0.15) is 25.1 Å². The molecule has 0 aliphatic heterocycles. The van der Waals surface area contributed by atoms with Gasteiger partial charge in [0, 0.05) is 41.2 Å². The number of carboxylic acids is 1. The summed E-state index contributed by atoms with van der Waals surface area (Å²) in [5, 5.41) is 18.2. The minimum atomic E-state index is -1.23. The molecule has 2 aromatic heterocycles. The summed E-state index contributed by atoms with van der Waals surface area (Å²) in [7, 11) is 0. The molecule has 2 heterocycles. The number of aliphatic carboxylic acids is 1. The first kappa shape index (κ1) is 28.7. The van der Waals surface area contributed by atoms with E-state index in [0.717, 1.165) is 16.5 Å². The number of thiol groups is 1. The predicted octanol–water partition coefficient (Wildman–Crippen LogP) is 0.128. The molecule has 3 aromatic rings. The van der Waals surface area contributed by atoms with E-state index in [1.807, 2.05) is 24.3 Å². The molecule has 13 heteroatoms. The minimum absolute atomic E-state index is 0.0104.